The van der Waals surface area contributed by atoms with Crippen LogP contribution in [0.25, 0.3) is 22.3 Å². The molecule has 0 saturated heterocycles. The van der Waals surface area contributed by atoms with E-state index in [-0.39, 0.29) is 49.4 Å². The molecule has 4 aromatic carbocycles. The number of esters is 1. The Hall–Kier alpha value is -5.60. The summed E-state index contributed by atoms with van der Waals surface area (Å²) in [6.45, 7) is -0.567. The number of alkyl carbamates (subject to hydrolysis) is 1. The lowest BCUT2D eigenvalue weighted by Gasteiger charge is -2.20. The van der Waals surface area contributed by atoms with Crippen LogP contribution < -0.4 is 10.6 Å². The maximum atomic E-state index is 13.2. The third-order valence-corrected chi connectivity index (χ3v) is 12.3. The highest BCUT2D eigenvalue weighted by Crippen LogP contribution is 2.45. The zero-order valence-corrected chi connectivity index (χ0v) is 31.8. The number of carboxylic acids is 2. The molecule has 0 radical (unpaired) electrons. The second-order valence-corrected chi connectivity index (χ2v) is 15.9. The number of hydrogen-bond donors (Lipinski definition) is 4. The number of Topliss-reactive ketones (excluding diaryl/α,β-unsaturated/α-hetero) is 1. The first-order valence-electron chi connectivity index (χ1n) is 18.0. The van der Waals surface area contributed by atoms with Crippen LogP contribution in [0.2, 0.25) is 0 Å². The van der Waals surface area contributed by atoms with E-state index in [1.54, 1.807) is 0 Å². The van der Waals surface area contributed by atoms with E-state index < -0.39 is 60.6 Å². The highest BCUT2D eigenvalue weighted by molar-refractivity contribution is 8.76. The molecule has 0 bridgehead atoms. The summed E-state index contributed by atoms with van der Waals surface area (Å²) in [5.74, 6) is -5.53. The number of nitrogens with one attached hydrogen (secondary N) is 2. The Morgan fingerprint density at radius 2 is 1.07 bits per heavy atom. The standard InChI is InChI=1S/C42H40N2O10S2/c45-37(17-18-38(46)47)36(44-42(52)54-22-35-32-15-7-3-11-28(32)29-12-4-8-16-33(29)35)24-56-55-23-25(41(51)43-20-39(48)49)19-40(50)53-21-34-30-13-5-1-9-26(30)27-10-2-6-14-31(27)34/h1-16,25,34-36H,17-24H2,(H,43,51)(H,44,52)(H,46,47)(H,48,49). The summed E-state index contributed by atoms with van der Waals surface area (Å²) in [6, 6.07) is 30.4. The van der Waals surface area contributed by atoms with Crippen LogP contribution in [0.5, 0.6) is 0 Å². The van der Waals surface area contributed by atoms with Gasteiger partial charge in [0.15, 0.2) is 5.78 Å². The van der Waals surface area contributed by atoms with Gasteiger partial charge in [0.2, 0.25) is 5.91 Å². The van der Waals surface area contributed by atoms with Crippen molar-refractivity contribution in [1.82, 2.24) is 10.6 Å². The van der Waals surface area contributed by atoms with E-state index >= 15 is 0 Å². The van der Waals surface area contributed by atoms with Crippen LogP contribution >= 0.6 is 21.6 Å². The van der Waals surface area contributed by atoms with Gasteiger partial charge in [-0.1, -0.05) is 119 Å². The number of rotatable bonds is 19. The molecule has 0 aromatic heterocycles. The Kier molecular flexibility index (Phi) is 13.5. The lowest BCUT2D eigenvalue weighted by Crippen LogP contribution is -2.43. The van der Waals surface area contributed by atoms with Crippen LogP contribution in [0.3, 0.4) is 0 Å². The normalized spacial score (nSPS) is 13.6. The molecule has 0 saturated carbocycles. The molecule has 2 unspecified atom stereocenters. The average Bonchev–Trinajstić information content (AvgIpc) is 3.70. The number of ketones is 1. The van der Waals surface area contributed by atoms with E-state index in [4.69, 9.17) is 19.7 Å². The second kappa shape index (κ2) is 18.8. The number of carboxylic acid groups (broad SMARTS) is 2. The van der Waals surface area contributed by atoms with Crippen molar-refractivity contribution in [3.05, 3.63) is 119 Å². The molecule has 0 heterocycles. The lowest BCUT2D eigenvalue weighted by atomic mass is 9.98. The third-order valence-electron chi connectivity index (χ3n) is 9.77. The first-order valence-corrected chi connectivity index (χ1v) is 20.5. The minimum absolute atomic E-state index is 0.00171. The van der Waals surface area contributed by atoms with Crippen LogP contribution in [0.4, 0.5) is 4.79 Å². The maximum Gasteiger partial charge on any atom is 0.407 e. The van der Waals surface area contributed by atoms with Gasteiger partial charge in [-0.25, -0.2) is 4.79 Å². The minimum Gasteiger partial charge on any atom is -0.481 e. The topological polar surface area (TPSA) is 185 Å². The number of ether oxygens (including phenoxy) is 2. The van der Waals surface area contributed by atoms with Crippen molar-refractivity contribution in [2.24, 2.45) is 5.92 Å². The zero-order valence-electron chi connectivity index (χ0n) is 30.2. The fourth-order valence-electron chi connectivity index (χ4n) is 7.06. The fourth-order valence-corrected chi connectivity index (χ4v) is 9.57. The first kappa shape index (κ1) is 40.1. The maximum absolute atomic E-state index is 13.2. The molecule has 290 valence electrons. The van der Waals surface area contributed by atoms with Crippen molar-refractivity contribution in [1.29, 1.82) is 0 Å². The van der Waals surface area contributed by atoms with Crippen LogP contribution in [0.1, 0.15) is 53.4 Å². The fraction of sp³-hybridized carbons (Fsp3) is 0.286. The van der Waals surface area contributed by atoms with Gasteiger partial charge in [0, 0.05) is 29.8 Å². The molecular formula is C42H40N2O10S2. The molecule has 14 heteroatoms. The van der Waals surface area contributed by atoms with E-state index in [2.05, 4.69) is 10.6 Å². The van der Waals surface area contributed by atoms with Gasteiger partial charge in [-0.2, -0.15) is 0 Å². The summed E-state index contributed by atoms with van der Waals surface area (Å²) in [6.07, 6.45) is -1.91. The average molecular weight is 797 g/mol. The molecule has 0 spiro atoms. The molecule has 4 N–H and O–H groups in total. The second-order valence-electron chi connectivity index (χ2n) is 13.4. The summed E-state index contributed by atoms with van der Waals surface area (Å²) in [7, 11) is 2.28. The van der Waals surface area contributed by atoms with E-state index in [0.29, 0.717) is 0 Å². The third kappa shape index (κ3) is 9.79. The number of fused-ring (bicyclic) bond motifs is 6. The van der Waals surface area contributed by atoms with Gasteiger partial charge in [-0.15, -0.1) is 0 Å². The van der Waals surface area contributed by atoms with Crippen LogP contribution in [0, 0.1) is 5.92 Å². The van der Waals surface area contributed by atoms with Crippen molar-refractivity contribution in [2.75, 3.05) is 31.3 Å². The van der Waals surface area contributed by atoms with Crippen LogP contribution in [0.15, 0.2) is 97.1 Å². The number of aliphatic carboxylic acids is 2. The zero-order chi connectivity index (χ0) is 39.6. The molecule has 0 fully saturated rings. The molecule has 4 aromatic rings. The summed E-state index contributed by atoms with van der Waals surface area (Å²) < 4.78 is 11.3. The molecule has 56 heavy (non-hydrogen) atoms. The summed E-state index contributed by atoms with van der Waals surface area (Å²) >= 11 is 0. The van der Waals surface area contributed by atoms with Crippen molar-refractivity contribution in [3.8, 4) is 22.3 Å². The van der Waals surface area contributed by atoms with Gasteiger partial charge in [-0.3, -0.25) is 24.0 Å². The largest absolute Gasteiger partial charge is 0.481 e. The Morgan fingerprint density at radius 1 is 0.607 bits per heavy atom. The van der Waals surface area contributed by atoms with Gasteiger partial charge in [0.05, 0.1) is 18.8 Å². The van der Waals surface area contributed by atoms with Crippen LogP contribution in [-0.4, -0.2) is 83.2 Å². The monoisotopic (exact) mass is 796 g/mol. The summed E-state index contributed by atoms with van der Waals surface area (Å²) in [4.78, 5) is 74.8. The Labute approximate surface area is 331 Å². The predicted octanol–water partition coefficient (Wildman–Crippen LogP) is 6.27. The number of carbonyl (C=O) groups excluding carboxylic acids is 4. The molecule has 12 nitrogen and oxygen atoms in total. The molecule has 2 aliphatic rings. The smallest absolute Gasteiger partial charge is 0.407 e. The van der Waals surface area contributed by atoms with E-state index in [0.717, 1.165) is 66.1 Å². The van der Waals surface area contributed by atoms with Gasteiger partial charge in [0.25, 0.3) is 0 Å². The van der Waals surface area contributed by atoms with Crippen molar-refractivity contribution >= 4 is 57.3 Å². The quantitative estimate of drug-likeness (QED) is 0.0474. The van der Waals surface area contributed by atoms with Crippen LogP contribution in [-0.2, 0) is 33.4 Å². The van der Waals surface area contributed by atoms with Crippen molar-refractivity contribution < 1.29 is 48.5 Å². The van der Waals surface area contributed by atoms with Gasteiger partial charge < -0.3 is 30.3 Å². The van der Waals surface area contributed by atoms with Crippen molar-refractivity contribution in [3.63, 3.8) is 0 Å². The molecule has 2 aliphatic carbocycles. The van der Waals surface area contributed by atoms with E-state index in [1.807, 2.05) is 97.1 Å². The first-order chi connectivity index (χ1) is 27.1. The van der Waals surface area contributed by atoms with Gasteiger partial charge >= 0.3 is 24.0 Å². The Bertz CT molecular complexity index is 1880. The lowest BCUT2D eigenvalue weighted by molar-refractivity contribution is -0.147. The summed E-state index contributed by atoms with van der Waals surface area (Å²) in [5.41, 5.74) is 8.34. The molecule has 0 aliphatic heterocycles. The minimum atomic E-state index is -1.25. The summed E-state index contributed by atoms with van der Waals surface area (Å²) in [5, 5.41) is 23.2. The van der Waals surface area contributed by atoms with Gasteiger partial charge in [0.1, 0.15) is 25.8 Å². The van der Waals surface area contributed by atoms with E-state index in [1.165, 1.54) is 0 Å². The molecule has 6 rings (SSSR count). The highest BCUT2D eigenvalue weighted by atomic mass is 33.1. The number of amides is 2. The SMILES string of the molecule is O=C(O)CCC(=O)C(CSSCC(CC(=O)OCC1c2ccccc2-c2ccccc21)C(=O)NCC(=O)O)NC(=O)OCC1c2ccccc2-c2ccccc21. The Morgan fingerprint density at radius 3 is 1.55 bits per heavy atom. The van der Waals surface area contributed by atoms with Crippen molar-refractivity contribution in [2.45, 2.75) is 37.1 Å². The molecule has 2 amide bonds. The Balaban J connectivity index is 1.05. The molecular weight excluding hydrogens is 757 g/mol. The van der Waals surface area contributed by atoms with Gasteiger partial charge in [-0.05, 0) is 44.5 Å². The highest BCUT2D eigenvalue weighted by Gasteiger charge is 2.32. The number of carbonyl (C=O) groups is 6. The van der Waals surface area contributed by atoms with E-state index in [9.17, 15) is 28.8 Å². The number of hydrogen-bond acceptors (Lipinski definition) is 10. The number of benzene rings is 4. The molecule has 2 atom stereocenters. The predicted molar refractivity (Wildman–Crippen MR) is 212 cm³/mol.